The highest BCUT2D eigenvalue weighted by Gasteiger charge is 2.28. The smallest absolute Gasteiger partial charge is 0.240 e. The van der Waals surface area contributed by atoms with Crippen molar-refractivity contribution in [1.29, 1.82) is 0 Å². The summed E-state index contributed by atoms with van der Waals surface area (Å²) in [4.78, 5) is 14.2. The van der Waals surface area contributed by atoms with Crippen molar-refractivity contribution in [3.05, 3.63) is 35.1 Å². The Hall–Kier alpha value is -1.13. The van der Waals surface area contributed by atoms with Crippen molar-refractivity contribution in [3.63, 3.8) is 0 Å². The van der Waals surface area contributed by atoms with Gasteiger partial charge in [0.05, 0.1) is 6.04 Å². The largest absolute Gasteiger partial charge is 0.337 e. The highest BCUT2D eigenvalue weighted by Crippen LogP contribution is 2.21. The van der Waals surface area contributed by atoms with E-state index >= 15 is 0 Å². The van der Waals surface area contributed by atoms with Gasteiger partial charge in [0.25, 0.3) is 0 Å². The lowest BCUT2D eigenvalue weighted by atomic mass is 9.99. The standard InChI is InChI=1S/C14H17FN2O.ClH/c15-12-4-3-11-9-17(7-5-10(11)8-12)14(18)13-2-1-6-16-13;/h3-4,8,13,16H,1-2,5-7,9H2;1H. The minimum Gasteiger partial charge on any atom is -0.337 e. The van der Waals surface area contributed by atoms with Crippen molar-refractivity contribution in [3.8, 4) is 0 Å². The molecule has 19 heavy (non-hydrogen) atoms. The molecule has 2 aliphatic heterocycles. The number of carbonyl (C=O) groups excluding carboxylic acids is 1. The molecule has 1 saturated heterocycles. The summed E-state index contributed by atoms with van der Waals surface area (Å²) in [5.74, 6) is 0.00783. The number of hydrogen-bond acceptors (Lipinski definition) is 2. The van der Waals surface area contributed by atoms with Gasteiger partial charge in [-0.25, -0.2) is 4.39 Å². The molecule has 1 N–H and O–H groups in total. The second-order valence-electron chi connectivity index (χ2n) is 5.07. The summed E-state index contributed by atoms with van der Waals surface area (Å²) in [5.41, 5.74) is 2.12. The number of benzene rings is 1. The maximum Gasteiger partial charge on any atom is 0.240 e. The van der Waals surface area contributed by atoms with Gasteiger partial charge in [-0.05, 0) is 49.1 Å². The van der Waals surface area contributed by atoms with Gasteiger partial charge in [-0.15, -0.1) is 12.4 Å². The topological polar surface area (TPSA) is 32.3 Å². The molecule has 0 spiro atoms. The van der Waals surface area contributed by atoms with Crippen LogP contribution in [0.5, 0.6) is 0 Å². The van der Waals surface area contributed by atoms with E-state index in [-0.39, 0.29) is 30.2 Å². The van der Waals surface area contributed by atoms with Gasteiger partial charge in [0.1, 0.15) is 5.82 Å². The molecule has 0 bridgehead atoms. The lowest BCUT2D eigenvalue weighted by Gasteiger charge is -2.30. The molecule has 1 amide bonds. The summed E-state index contributed by atoms with van der Waals surface area (Å²) >= 11 is 0. The summed E-state index contributed by atoms with van der Waals surface area (Å²) in [6.07, 6.45) is 2.77. The minimum absolute atomic E-state index is 0. The van der Waals surface area contributed by atoms with Gasteiger partial charge >= 0.3 is 0 Å². The molecule has 0 saturated carbocycles. The number of rotatable bonds is 1. The summed E-state index contributed by atoms with van der Waals surface area (Å²) in [6.45, 7) is 2.26. The molecular weight excluding hydrogens is 267 g/mol. The Labute approximate surface area is 118 Å². The van der Waals surface area contributed by atoms with Crippen LogP contribution in [0.2, 0.25) is 0 Å². The van der Waals surface area contributed by atoms with Gasteiger partial charge < -0.3 is 10.2 Å². The SMILES string of the molecule is Cl.O=C(C1CCCN1)N1CCc2cc(F)ccc2C1. The quantitative estimate of drug-likeness (QED) is 0.854. The molecule has 104 valence electrons. The van der Waals surface area contributed by atoms with E-state index in [1.807, 2.05) is 4.90 Å². The monoisotopic (exact) mass is 284 g/mol. The van der Waals surface area contributed by atoms with Crippen LogP contribution in [0, 0.1) is 5.82 Å². The van der Waals surface area contributed by atoms with Gasteiger partial charge in [0, 0.05) is 13.1 Å². The van der Waals surface area contributed by atoms with Crippen LogP contribution in [0.3, 0.4) is 0 Å². The number of halogens is 2. The summed E-state index contributed by atoms with van der Waals surface area (Å²) in [5, 5.41) is 3.24. The molecule has 0 radical (unpaired) electrons. The maximum atomic E-state index is 13.1. The summed E-state index contributed by atoms with van der Waals surface area (Å²) in [6, 6.07) is 4.85. The van der Waals surface area contributed by atoms with Gasteiger partial charge in [-0.3, -0.25) is 4.79 Å². The number of amides is 1. The fraction of sp³-hybridized carbons (Fsp3) is 0.500. The summed E-state index contributed by atoms with van der Waals surface area (Å²) in [7, 11) is 0. The van der Waals surface area contributed by atoms with Crippen LogP contribution in [0.15, 0.2) is 18.2 Å². The first-order valence-corrected chi connectivity index (χ1v) is 6.53. The number of fused-ring (bicyclic) bond motifs is 1. The van der Waals surface area contributed by atoms with E-state index in [1.165, 1.54) is 6.07 Å². The Morgan fingerprint density at radius 2 is 2.21 bits per heavy atom. The van der Waals surface area contributed by atoms with Crippen molar-refractivity contribution in [2.24, 2.45) is 0 Å². The van der Waals surface area contributed by atoms with E-state index in [2.05, 4.69) is 5.32 Å². The van der Waals surface area contributed by atoms with Crippen molar-refractivity contribution in [2.75, 3.05) is 13.1 Å². The van der Waals surface area contributed by atoms with Crippen LogP contribution in [0.25, 0.3) is 0 Å². The summed E-state index contributed by atoms with van der Waals surface area (Å²) < 4.78 is 13.1. The Bertz CT molecular complexity index is 475. The molecule has 1 fully saturated rings. The van der Waals surface area contributed by atoms with Gasteiger partial charge in [-0.1, -0.05) is 6.07 Å². The first-order chi connectivity index (χ1) is 8.74. The third-order valence-corrected chi connectivity index (χ3v) is 3.85. The Kier molecular flexibility index (Phi) is 4.42. The van der Waals surface area contributed by atoms with Crippen LogP contribution in [-0.4, -0.2) is 29.9 Å². The molecule has 0 aliphatic carbocycles. The molecule has 2 aliphatic rings. The Morgan fingerprint density at radius 1 is 1.37 bits per heavy atom. The van der Waals surface area contributed by atoms with E-state index in [4.69, 9.17) is 0 Å². The van der Waals surface area contributed by atoms with E-state index in [0.29, 0.717) is 13.1 Å². The van der Waals surface area contributed by atoms with Crippen LogP contribution in [0.4, 0.5) is 4.39 Å². The molecule has 1 atom stereocenters. The predicted octanol–water partition coefficient (Wildman–Crippen LogP) is 1.88. The first-order valence-electron chi connectivity index (χ1n) is 6.53. The molecule has 2 heterocycles. The molecule has 3 nitrogen and oxygen atoms in total. The van der Waals surface area contributed by atoms with E-state index in [1.54, 1.807) is 12.1 Å². The molecule has 5 heteroatoms. The Balaban J connectivity index is 0.00000133. The van der Waals surface area contributed by atoms with Gasteiger partial charge in [0.2, 0.25) is 5.91 Å². The third-order valence-electron chi connectivity index (χ3n) is 3.85. The molecule has 1 unspecified atom stereocenters. The zero-order valence-corrected chi connectivity index (χ0v) is 11.5. The molecule has 3 rings (SSSR count). The van der Waals surface area contributed by atoms with E-state index < -0.39 is 0 Å². The van der Waals surface area contributed by atoms with E-state index in [9.17, 15) is 9.18 Å². The molecule has 0 aromatic heterocycles. The second-order valence-corrected chi connectivity index (χ2v) is 5.07. The zero-order valence-electron chi connectivity index (χ0n) is 10.7. The molecule has 1 aromatic rings. The number of hydrogen-bond donors (Lipinski definition) is 1. The van der Waals surface area contributed by atoms with Crippen LogP contribution >= 0.6 is 12.4 Å². The average Bonchev–Trinajstić information content (AvgIpc) is 2.91. The zero-order chi connectivity index (χ0) is 12.5. The minimum atomic E-state index is -0.189. The number of nitrogens with zero attached hydrogens (tertiary/aromatic N) is 1. The molecule has 1 aromatic carbocycles. The Morgan fingerprint density at radius 3 is 2.95 bits per heavy atom. The fourth-order valence-corrected chi connectivity index (χ4v) is 2.83. The van der Waals surface area contributed by atoms with Crippen LogP contribution < -0.4 is 5.32 Å². The first kappa shape index (κ1) is 14.3. The number of carbonyl (C=O) groups is 1. The third kappa shape index (κ3) is 2.90. The van der Waals surface area contributed by atoms with Crippen LogP contribution in [0.1, 0.15) is 24.0 Å². The normalized spacial score (nSPS) is 21.7. The fourth-order valence-electron chi connectivity index (χ4n) is 2.83. The maximum absolute atomic E-state index is 13.1. The average molecular weight is 285 g/mol. The predicted molar refractivity (Wildman–Crippen MR) is 73.8 cm³/mol. The van der Waals surface area contributed by atoms with Gasteiger partial charge in [0.15, 0.2) is 0 Å². The second kappa shape index (κ2) is 5.88. The van der Waals surface area contributed by atoms with Crippen LogP contribution in [-0.2, 0) is 17.8 Å². The highest BCUT2D eigenvalue weighted by atomic mass is 35.5. The van der Waals surface area contributed by atoms with Gasteiger partial charge in [-0.2, -0.15) is 0 Å². The van der Waals surface area contributed by atoms with Crippen molar-refractivity contribution >= 4 is 18.3 Å². The van der Waals surface area contributed by atoms with Crippen molar-refractivity contribution in [1.82, 2.24) is 10.2 Å². The number of nitrogens with one attached hydrogen (secondary N) is 1. The lowest BCUT2D eigenvalue weighted by Crippen LogP contribution is -2.45. The molecular formula is C14H18ClFN2O. The van der Waals surface area contributed by atoms with Crippen molar-refractivity contribution in [2.45, 2.75) is 31.8 Å². The lowest BCUT2D eigenvalue weighted by molar-refractivity contribution is -0.134. The van der Waals surface area contributed by atoms with Crippen molar-refractivity contribution < 1.29 is 9.18 Å². The van der Waals surface area contributed by atoms with E-state index in [0.717, 1.165) is 36.9 Å². The highest BCUT2D eigenvalue weighted by molar-refractivity contribution is 5.85.